The third kappa shape index (κ3) is 3.51. The van der Waals surface area contributed by atoms with Crippen LogP contribution >= 0.6 is 0 Å². The molecule has 0 aliphatic heterocycles. The predicted octanol–water partition coefficient (Wildman–Crippen LogP) is 3.75. The maximum absolute atomic E-state index is 11.8. The van der Waals surface area contributed by atoms with Crippen LogP contribution in [0.2, 0.25) is 0 Å². The van der Waals surface area contributed by atoms with Crippen molar-refractivity contribution in [3.8, 4) is 5.75 Å². The van der Waals surface area contributed by atoms with E-state index in [-0.39, 0.29) is 6.61 Å². The highest BCUT2D eigenvalue weighted by Gasteiger charge is 2.10. The van der Waals surface area contributed by atoms with E-state index < -0.39 is 6.09 Å². The van der Waals surface area contributed by atoms with Gasteiger partial charge in [0.1, 0.15) is 12.4 Å². The van der Waals surface area contributed by atoms with E-state index in [0.29, 0.717) is 11.4 Å². The fourth-order valence-corrected chi connectivity index (χ4v) is 1.89. The van der Waals surface area contributed by atoms with Crippen molar-refractivity contribution in [3.05, 3.63) is 59.7 Å². The van der Waals surface area contributed by atoms with Crippen LogP contribution in [0.1, 0.15) is 11.1 Å². The highest BCUT2D eigenvalue weighted by Crippen LogP contribution is 2.27. The molecule has 0 saturated carbocycles. The largest absolute Gasteiger partial charge is 0.494 e. The molecular formula is C16H17NO3. The van der Waals surface area contributed by atoms with Crippen LogP contribution in [0, 0.1) is 6.92 Å². The molecule has 1 amide bonds. The van der Waals surface area contributed by atoms with Crippen LogP contribution in [0.25, 0.3) is 0 Å². The molecule has 0 radical (unpaired) electrons. The second-order valence-electron chi connectivity index (χ2n) is 4.34. The fraction of sp³-hybridized carbons (Fsp3) is 0.188. The van der Waals surface area contributed by atoms with Crippen LogP contribution in [0.4, 0.5) is 10.5 Å². The Kier molecular flexibility index (Phi) is 4.60. The van der Waals surface area contributed by atoms with Crippen LogP contribution in [-0.2, 0) is 11.3 Å². The summed E-state index contributed by atoms with van der Waals surface area (Å²) in [6.45, 7) is 2.15. The number of benzene rings is 2. The summed E-state index contributed by atoms with van der Waals surface area (Å²) in [6.07, 6.45) is -0.502. The summed E-state index contributed by atoms with van der Waals surface area (Å²) in [7, 11) is 1.57. The molecule has 4 nitrogen and oxygen atoms in total. The molecular weight excluding hydrogens is 254 g/mol. The number of methoxy groups -OCH3 is 1. The molecule has 0 saturated heterocycles. The zero-order valence-electron chi connectivity index (χ0n) is 11.6. The molecule has 2 rings (SSSR count). The molecule has 20 heavy (non-hydrogen) atoms. The molecule has 0 aliphatic carbocycles. The van der Waals surface area contributed by atoms with Crippen LogP contribution in [0.3, 0.4) is 0 Å². The van der Waals surface area contributed by atoms with Crippen molar-refractivity contribution in [2.24, 2.45) is 0 Å². The van der Waals surface area contributed by atoms with Gasteiger partial charge in [-0.1, -0.05) is 42.5 Å². The number of para-hydroxylation sites is 1. The van der Waals surface area contributed by atoms with E-state index in [1.807, 2.05) is 49.4 Å². The molecule has 4 heteroatoms. The average Bonchev–Trinajstić information content (AvgIpc) is 2.46. The maximum atomic E-state index is 11.8. The van der Waals surface area contributed by atoms with E-state index in [2.05, 4.69) is 5.32 Å². The molecule has 0 bridgehead atoms. The Bertz CT molecular complexity index is 582. The molecule has 2 aromatic rings. The number of hydrogen-bond acceptors (Lipinski definition) is 3. The lowest BCUT2D eigenvalue weighted by Crippen LogP contribution is -2.14. The van der Waals surface area contributed by atoms with Crippen molar-refractivity contribution < 1.29 is 14.3 Å². The minimum absolute atomic E-state index is 0.237. The van der Waals surface area contributed by atoms with Gasteiger partial charge in [-0.3, -0.25) is 5.32 Å². The fourth-order valence-electron chi connectivity index (χ4n) is 1.89. The number of carbonyl (C=O) groups excluding carboxylic acids is 1. The minimum Gasteiger partial charge on any atom is -0.494 e. The molecule has 1 N–H and O–H groups in total. The number of rotatable bonds is 4. The third-order valence-corrected chi connectivity index (χ3v) is 2.87. The van der Waals surface area contributed by atoms with E-state index >= 15 is 0 Å². The van der Waals surface area contributed by atoms with Gasteiger partial charge in [-0.2, -0.15) is 0 Å². The van der Waals surface area contributed by atoms with Gasteiger partial charge in [0, 0.05) is 0 Å². The minimum atomic E-state index is -0.502. The summed E-state index contributed by atoms with van der Waals surface area (Å²) in [5, 5.41) is 2.69. The van der Waals surface area contributed by atoms with Crippen LogP contribution in [-0.4, -0.2) is 13.2 Å². The van der Waals surface area contributed by atoms with Crippen LogP contribution in [0.5, 0.6) is 5.75 Å². The zero-order chi connectivity index (χ0) is 14.4. The summed E-state index contributed by atoms with van der Waals surface area (Å²) in [5.74, 6) is 0.643. The second-order valence-corrected chi connectivity index (χ2v) is 4.34. The summed E-state index contributed by atoms with van der Waals surface area (Å²) in [4.78, 5) is 11.8. The van der Waals surface area contributed by atoms with Crippen molar-refractivity contribution >= 4 is 11.8 Å². The standard InChI is InChI=1S/C16H17NO3/c1-12-7-6-10-14(15(12)19-2)17-16(18)20-11-13-8-4-3-5-9-13/h3-10H,11H2,1-2H3,(H,17,18). The van der Waals surface area contributed by atoms with Gasteiger partial charge >= 0.3 is 6.09 Å². The Morgan fingerprint density at radius 1 is 1.10 bits per heavy atom. The topological polar surface area (TPSA) is 47.6 Å². The number of hydrogen-bond donors (Lipinski definition) is 1. The van der Waals surface area contributed by atoms with E-state index in [1.54, 1.807) is 13.2 Å². The number of amides is 1. The Morgan fingerprint density at radius 3 is 2.55 bits per heavy atom. The Morgan fingerprint density at radius 2 is 1.85 bits per heavy atom. The highest BCUT2D eigenvalue weighted by molar-refractivity contribution is 5.87. The van der Waals surface area contributed by atoms with Gasteiger partial charge in [-0.05, 0) is 24.1 Å². The number of anilines is 1. The number of aryl methyl sites for hydroxylation is 1. The molecule has 0 spiro atoms. The first-order valence-electron chi connectivity index (χ1n) is 6.32. The van der Waals surface area contributed by atoms with Gasteiger partial charge in [0.15, 0.2) is 0 Å². The Labute approximate surface area is 118 Å². The van der Waals surface area contributed by atoms with Crippen LogP contribution < -0.4 is 10.1 Å². The van der Waals surface area contributed by atoms with Crippen molar-refractivity contribution in [2.45, 2.75) is 13.5 Å². The van der Waals surface area contributed by atoms with Crippen molar-refractivity contribution in [3.63, 3.8) is 0 Å². The molecule has 0 atom stereocenters. The average molecular weight is 271 g/mol. The summed E-state index contributed by atoms with van der Waals surface area (Å²) in [5.41, 5.74) is 2.50. The van der Waals surface area contributed by atoms with Gasteiger partial charge in [0.2, 0.25) is 0 Å². The first-order valence-corrected chi connectivity index (χ1v) is 6.32. The first-order chi connectivity index (χ1) is 9.70. The molecule has 2 aromatic carbocycles. The van der Waals surface area contributed by atoms with Gasteiger partial charge in [-0.15, -0.1) is 0 Å². The molecule has 0 unspecified atom stereocenters. The van der Waals surface area contributed by atoms with Gasteiger partial charge < -0.3 is 9.47 Å². The summed E-state index contributed by atoms with van der Waals surface area (Å²) < 4.78 is 10.4. The maximum Gasteiger partial charge on any atom is 0.412 e. The van der Waals surface area contributed by atoms with E-state index in [0.717, 1.165) is 11.1 Å². The lowest BCUT2D eigenvalue weighted by atomic mass is 10.2. The Hall–Kier alpha value is -2.49. The van der Waals surface area contributed by atoms with Gasteiger partial charge in [0.25, 0.3) is 0 Å². The SMILES string of the molecule is COc1c(C)cccc1NC(=O)OCc1ccccc1. The van der Waals surface area contributed by atoms with Gasteiger partial charge in [0.05, 0.1) is 12.8 Å². The molecule has 0 fully saturated rings. The first kappa shape index (κ1) is 13.9. The monoisotopic (exact) mass is 271 g/mol. The predicted molar refractivity (Wildman–Crippen MR) is 78.0 cm³/mol. The highest BCUT2D eigenvalue weighted by atomic mass is 16.5. The smallest absolute Gasteiger partial charge is 0.412 e. The lowest BCUT2D eigenvalue weighted by Gasteiger charge is -2.12. The molecule has 0 aromatic heterocycles. The summed E-state index contributed by atoms with van der Waals surface area (Å²) >= 11 is 0. The lowest BCUT2D eigenvalue weighted by molar-refractivity contribution is 0.155. The van der Waals surface area contributed by atoms with Gasteiger partial charge in [-0.25, -0.2) is 4.79 Å². The zero-order valence-corrected chi connectivity index (χ0v) is 11.6. The Balaban J connectivity index is 1.97. The van der Waals surface area contributed by atoms with Crippen molar-refractivity contribution in [2.75, 3.05) is 12.4 Å². The third-order valence-electron chi connectivity index (χ3n) is 2.87. The molecule has 0 heterocycles. The van der Waals surface area contributed by atoms with E-state index in [9.17, 15) is 4.79 Å². The molecule has 104 valence electrons. The van der Waals surface area contributed by atoms with Crippen LogP contribution in [0.15, 0.2) is 48.5 Å². The molecule has 0 aliphatic rings. The van der Waals surface area contributed by atoms with E-state index in [4.69, 9.17) is 9.47 Å². The normalized spacial score (nSPS) is 9.90. The number of ether oxygens (including phenoxy) is 2. The number of nitrogens with one attached hydrogen (secondary N) is 1. The van der Waals surface area contributed by atoms with E-state index in [1.165, 1.54) is 0 Å². The van der Waals surface area contributed by atoms with Crippen molar-refractivity contribution in [1.82, 2.24) is 0 Å². The quantitative estimate of drug-likeness (QED) is 0.921. The second kappa shape index (κ2) is 6.61. The van der Waals surface area contributed by atoms with Crippen molar-refractivity contribution in [1.29, 1.82) is 0 Å². The summed E-state index contributed by atoms with van der Waals surface area (Å²) in [6, 6.07) is 15.1. The number of carbonyl (C=O) groups is 1.